The van der Waals surface area contributed by atoms with Crippen LogP contribution in [-0.2, 0) is 7.05 Å². The number of nitrogens with zero attached hydrogens (tertiary/aromatic N) is 2. The molecule has 2 heterocycles. The number of carbonyl (C=O) groups excluding carboxylic acids is 1. The second kappa shape index (κ2) is 5.52. The summed E-state index contributed by atoms with van der Waals surface area (Å²) in [6.45, 7) is 5.83. The molecule has 2 unspecified atom stereocenters. The van der Waals surface area contributed by atoms with E-state index in [1.165, 1.54) is 12.8 Å². The predicted octanol–water partition coefficient (Wildman–Crippen LogP) is 0.846. The first-order valence-electron chi connectivity index (χ1n) is 6.59. The molecule has 100 valence electrons. The van der Waals surface area contributed by atoms with Gasteiger partial charge in [0.1, 0.15) is 0 Å². The van der Waals surface area contributed by atoms with E-state index in [1.807, 2.05) is 14.0 Å². The number of amides is 1. The third-order valence-electron chi connectivity index (χ3n) is 3.67. The van der Waals surface area contributed by atoms with Gasteiger partial charge in [-0.25, -0.2) is 0 Å². The zero-order valence-corrected chi connectivity index (χ0v) is 11.4. The molecule has 0 saturated carbocycles. The predicted molar refractivity (Wildman–Crippen MR) is 70.5 cm³/mol. The average molecular weight is 250 g/mol. The lowest BCUT2D eigenvalue weighted by Crippen LogP contribution is -2.47. The zero-order chi connectivity index (χ0) is 13.1. The topological polar surface area (TPSA) is 59.0 Å². The van der Waals surface area contributed by atoms with Gasteiger partial charge in [0.2, 0.25) is 0 Å². The van der Waals surface area contributed by atoms with Crippen molar-refractivity contribution in [2.45, 2.75) is 32.7 Å². The van der Waals surface area contributed by atoms with E-state index in [0.717, 1.165) is 12.2 Å². The van der Waals surface area contributed by atoms with Gasteiger partial charge in [0.15, 0.2) is 0 Å². The molecule has 1 saturated heterocycles. The molecule has 0 bridgehead atoms. The average Bonchev–Trinajstić information content (AvgIpc) is 2.67. The van der Waals surface area contributed by atoms with Crippen molar-refractivity contribution < 1.29 is 4.79 Å². The number of piperidine rings is 1. The van der Waals surface area contributed by atoms with Crippen molar-refractivity contribution in [2.75, 3.05) is 13.1 Å². The molecular weight excluding hydrogens is 228 g/mol. The number of aryl methyl sites for hydroxylation is 2. The van der Waals surface area contributed by atoms with Crippen molar-refractivity contribution in [3.8, 4) is 0 Å². The smallest absolute Gasteiger partial charge is 0.254 e. The number of carbonyl (C=O) groups is 1. The molecule has 1 aromatic rings. The van der Waals surface area contributed by atoms with Crippen LogP contribution >= 0.6 is 0 Å². The first-order valence-corrected chi connectivity index (χ1v) is 6.59. The molecule has 0 aromatic carbocycles. The third kappa shape index (κ3) is 2.90. The molecule has 18 heavy (non-hydrogen) atoms. The number of hydrogen-bond donors (Lipinski definition) is 2. The highest BCUT2D eigenvalue weighted by molar-refractivity contribution is 5.95. The molecule has 1 aromatic heterocycles. The summed E-state index contributed by atoms with van der Waals surface area (Å²) in [4.78, 5) is 12.0. The van der Waals surface area contributed by atoms with Gasteiger partial charge in [0.25, 0.3) is 5.91 Å². The third-order valence-corrected chi connectivity index (χ3v) is 3.67. The highest BCUT2D eigenvalue weighted by Crippen LogP contribution is 2.15. The van der Waals surface area contributed by atoms with Crippen molar-refractivity contribution in [1.82, 2.24) is 20.4 Å². The van der Waals surface area contributed by atoms with Gasteiger partial charge in [0.05, 0.1) is 11.3 Å². The highest BCUT2D eigenvalue weighted by atomic mass is 16.1. The summed E-state index contributed by atoms with van der Waals surface area (Å²) in [5.74, 6) is 0.592. The van der Waals surface area contributed by atoms with Crippen molar-refractivity contribution in [1.29, 1.82) is 0 Å². The van der Waals surface area contributed by atoms with Crippen LogP contribution in [0.5, 0.6) is 0 Å². The maximum Gasteiger partial charge on any atom is 0.254 e. The Hall–Kier alpha value is -1.36. The summed E-state index contributed by atoms with van der Waals surface area (Å²) in [5, 5.41) is 10.6. The van der Waals surface area contributed by atoms with Crippen LogP contribution in [0.3, 0.4) is 0 Å². The van der Waals surface area contributed by atoms with Crippen molar-refractivity contribution in [2.24, 2.45) is 13.0 Å². The SMILES string of the molecule is Cc1nn(C)cc1C(=O)NCC1NCCCC1C. The van der Waals surface area contributed by atoms with Crippen LogP contribution in [0.4, 0.5) is 0 Å². The number of hydrogen-bond acceptors (Lipinski definition) is 3. The lowest BCUT2D eigenvalue weighted by Gasteiger charge is -2.30. The first-order chi connectivity index (χ1) is 8.58. The van der Waals surface area contributed by atoms with Crippen LogP contribution in [0.1, 0.15) is 35.8 Å². The van der Waals surface area contributed by atoms with Crippen LogP contribution in [0.25, 0.3) is 0 Å². The van der Waals surface area contributed by atoms with Gasteiger partial charge in [0, 0.05) is 25.8 Å². The van der Waals surface area contributed by atoms with Crippen LogP contribution in [-0.4, -0.2) is 34.8 Å². The number of rotatable bonds is 3. The minimum absolute atomic E-state index is 0.0276. The van der Waals surface area contributed by atoms with Gasteiger partial charge >= 0.3 is 0 Å². The fourth-order valence-corrected chi connectivity index (χ4v) is 2.51. The summed E-state index contributed by atoms with van der Waals surface area (Å²) in [7, 11) is 1.83. The summed E-state index contributed by atoms with van der Waals surface area (Å²) in [6, 6.07) is 0.389. The molecule has 2 atom stereocenters. The van der Waals surface area contributed by atoms with Crippen molar-refractivity contribution in [3.63, 3.8) is 0 Å². The molecular formula is C13H22N4O. The van der Waals surface area contributed by atoms with Gasteiger partial charge in [-0.05, 0) is 32.2 Å². The standard InChI is InChI=1S/C13H22N4O/c1-9-5-4-6-14-12(9)7-15-13(18)11-8-17(3)16-10(11)2/h8-9,12,14H,4-7H2,1-3H3,(H,15,18). The largest absolute Gasteiger partial charge is 0.350 e. The summed E-state index contributed by atoms with van der Waals surface area (Å²) in [5.41, 5.74) is 1.45. The molecule has 1 aliphatic heterocycles. The van der Waals surface area contributed by atoms with E-state index < -0.39 is 0 Å². The second-order valence-corrected chi connectivity index (χ2v) is 5.19. The Morgan fingerprint density at radius 2 is 2.44 bits per heavy atom. The maximum absolute atomic E-state index is 12.0. The number of aromatic nitrogens is 2. The fourth-order valence-electron chi connectivity index (χ4n) is 2.51. The monoisotopic (exact) mass is 250 g/mol. The summed E-state index contributed by atoms with van der Waals surface area (Å²) < 4.78 is 1.67. The number of nitrogens with one attached hydrogen (secondary N) is 2. The Bertz CT molecular complexity index is 427. The lowest BCUT2D eigenvalue weighted by atomic mass is 9.93. The van der Waals surface area contributed by atoms with Crippen LogP contribution in [0.15, 0.2) is 6.20 Å². The Balaban J connectivity index is 1.90. The molecule has 0 radical (unpaired) electrons. The Morgan fingerprint density at radius 1 is 1.67 bits per heavy atom. The van der Waals surface area contributed by atoms with E-state index in [2.05, 4.69) is 22.7 Å². The Kier molecular flexibility index (Phi) is 4.01. The molecule has 2 N–H and O–H groups in total. The van der Waals surface area contributed by atoms with E-state index in [1.54, 1.807) is 10.9 Å². The zero-order valence-electron chi connectivity index (χ0n) is 11.4. The molecule has 2 rings (SSSR count). The Labute approximate surface area is 108 Å². The molecule has 1 aliphatic rings. The maximum atomic E-state index is 12.0. The molecule has 5 heteroatoms. The van der Waals surface area contributed by atoms with Crippen LogP contribution in [0, 0.1) is 12.8 Å². The Morgan fingerprint density at radius 3 is 3.06 bits per heavy atom. The van der Waals surface area contributed by atoms with E-state index in [-0.39, 0.29) is 5.91 Å². The second-order valence-electron chi connectivity index (χ2n) is 5.19. The van der Waals surface area contributed by atoms with Crippen LogP contribution in [0.2, 0.25) is 0 Å². The molecule has 0 aliphatic carbocycles. The molecule has 0 spiro atoms. The normalized spacial score (nSPS) is 23.9. The lowest BCUT2D eigenvalue weighted by molar-refractivity contribution is 0.0943. The van der Waals surface area contributed by atoms with Gasteiger partial charge in [-0.15, -0.1) is 0 Å². The quantitative estimate of drug-likeness (QED) is 0.836. The van der Waals surface area contributed by atoms with Crippen molar-refractivity contribution >= 4 is 5.91 Å². The van der Waals surface area contributed by atoms with Gasteiger partial charge in [-0.3, -0.25) is 9.48 Å². The first kappa shape index (κ1) is 13.1. The fraction of sp³-hybridized carbons (Fsp3) is 0.692. The van der Waals surface area contributed by atoms with Gasteiger partial charge in [-0.1, -0.05) is 6.92 Å². The minimum Gasteiger partial charge on any atom is -0.350 e. The van der Waals surface area contributed by atoms with E-state index in [9.17, 15) is 4.79 Å². The van der Waals surface area contributed by atoms with Crippen LogP contribution < -0.4 is 10.6 Å². The molecule has 5 nitrogen and oxygen atoms in total. The van der Waals surface area contributed by atoms with E-state index in [0.29, 0.717) is 24.1 Å². The van der Waals surface area contributed by atoms with Gasteiger partial charge < -0.3 is 10.6 Å². The summed E-state index contributed by atoms with van der Waals surface area (Å²) in [6.07, 6.45) is 4.23. The molecule has 1 amide bonds. The minimum atomic E-state index is -0.0276. The van der Waals surface area contributed by atoms with E-state index in [4.69, 9.17) is 0 Å². The molecule has 1 fully saturated rings. The van der Waals surface area contributed by atoms with Crippen molar-refractivity contribution in [3.05, 3.63) is 17.5 Å². The highest BCUT2D eigenvalue weighted by Gasteiger charge is 2.21. The van der Waals surface area contributed by atoms with Gasteiger partial charge in [-0.2, -0.15) is 5.10 Å². The van der Waals surface area contributed by atoms with E-state index >= 15 is 0 Å². The summed E-state index contributed by atoms with van der Waals surface area (Å²) >= 11 is 0.